The van der Waals surface area contributed by atoms with Gasteiger partial charge in [-0.1, -0.05) is 20.8 Å². The van der Waals surface area contributed by atoms with Gasteiger partial charge in [-0.15, -0.1) is 0 Å². The fourth-order valence-corrected chi connectivity index (χ4v) is 2.61. The zero-order valence-electron chi connectivity index (χ0n) is 11.9. The molecule has 19 heavy (non-hydrogen) atoms. The first-order valence-corrected chi connectivity index (χ1v) is 6.86. The van der Waals surface area contributed by atoms with Gasteiger partial charge in [-0.3, -0.25) is 0 Å². The Balaban J connectivity index is 3.35. The molecule has 2 atom stereocenters. The lowest BCUT2D eigenvalue weighted by molar-refractivity contribution is -0.0118. The van der Waals surface area contributed by atoms with Gasteiger partial charge in [-0.2, -0.15) is 0 Å². The monoisotopic (exact) mass is 335 g/mol. The first-order valence-electron chi connectivity index (χ1n) is 6.07. The summed E-state index contributed by atoms with van der Waals surface area (Å²) >= 11 is 3.09. The van der Waals surface area contributed by atoms with Crippen molar-refractivity contribution in [2.45, 2.75) is 32.9 Å². The summed E-state index contributed by atoms with van der Waals surface area (Å²) < 4.78 is 33.9. The summed E-state index contributed by atoms with van der Waals surface area (Å²) in [4.78, 5) is 0. The van der Waals surface area contributed by atoms with E-state index >= 15 is 0 Å². The minimum absolute atomic E-state index is 0.00125. The van der Waals surface area contributed by atoms with Gasteiger partial charge in [0.1, 0.15) is 11.6 Å². The molecule has 0 heterocycles. The van der Waals surface area contributed by atoms with Gasteiger partial charge < -0.3 is 10.1 Å². The Bertz CT molecular complexity index is 446. The van der Waals surface area contributed by atoms with Crippen LogP contribution in [-0.2, 0) is 4.74 Å². The zero-order valence-corrected chi connectivity index (χ0v) is 13.4. The van der Waals surface area contributed by atoms with Crippen molar-refractivity contribution in [2.24, 2.45) is 5.41 Å². The Morgan fingerprint density at radius 3 is 2.26 bits per heavy atom. The smallest absolute Gasteiger partial charge is 0.145 e. The topological polar surface area (TPSA) is 21.3 Å². The van der Waals surface area contributed by atoms with Gasteiger partial charge in [0.25, 0.3) is 0 Å². The number of nitrogens with one attached hydrogen (secondary N) is 1. The van der Waals surface area contributed by atoms with Crippen LogP contribution in [0.25, 0.3) is 0 Å². The Morgan fingerprint density at radius 1 is 1.26 bits per heavy atom. The van der Waals surface area contributed by atoms with Crippen LogP contribution >= 0.6 is 15.9 Å². The quantitative estimate of drug-likeness (QED) is 0.838. The molecule has 0 saturated carbocycles. The van der Waals surface area contributed by atoms with Crippen molar-refractivity contribution in [1.82, 2.24) is 5.32 Å². The molecule has 0 bridgehead atoms. The minimum atomic E-state index is -0.592. The average Bonchev–Trinajstić information content (AvgIpc) is 2.31. The highest BCUT2D eigenvalue weighted by molar-refractivity contribution is 9.10. The summed E-state index contributed by atoms with van der Waals surface area (Å²) in [5.41, 5.74) is -0.262. The standard InChI is InChI=1S/C14H20BrF2NO/c1-14(2,3)13(19-5)12(18-4)10-9(16)7-6-8(15)11(10)17/h6-7,12-13,18H,1-5H3. The third kappa shape index (κ3) is 3.52. The lowest BCUT2D eigenvalue weighted by Crippen LogP contribution is -2.41. The van der Waals surface area contributed by atoms with Crippen LogP contribution in [0.4, 0.5) is 8.78 Å². The van der Waals surface area contributed by atoms with E-state index in [-0.39, 0.29) is 21.6 Å². The second-order valence-corrected chi connectivity index (χ2v) is 6.40. The van der Waals surface area contributed by atoms with Crippen LogP contribution in [-0.4, -0.2) is 20.3 Å². The summed E-state index contributed by atoms with van der Waals surface area (Å²) in [6.07, 6.45) is -0.365. The van der Waals surface area contributed by atoms with Crippen LogP contribution in [0.3, 0.4) is 0 Å². The molecule has 108 valence electrons. The lowest BCUT2D eigenvalue weighted by Gasteiger charge is -2.36. The molecule has 1 aromatic rings. The van der Waals surface area contributed by atoms with Crippen LogP contribution in [0.15, 0.2) is 16.6 Å². The second kappa shape index (κ2) is 6.29. The molecular weight excluding hydrogens is 316 g/mol. The first kappa shape index (κ1) is 16.5. The predicted octanol–water partition coefficient (Wildman–Crippen LogP) is 4.05. The van der Waals surface area contributed by atoms with Crippen LogP contribution < -0.4 is 5.32 Å². The van der Waals surface area contributed by atoms with Gasteiger partial charge in [-0.05, 0) is 40.5 Å². The van der Waals surface area contributed by atoms with E-state index in [0.717, 1.165) is 0 Å². The summed E-state index contributed by atoms with van der Waals surface area (Å²) in [5, 5.41) is 2.96. The number of rotatable bonds is 4. The highest BCUT2D eigenvalue weighted by Gasteiger charge is 2.35. The van der Waals surface area contributed by atoms with E-state index < -0.39 is 17.7 Å². The molecule has 1 aromatic carbocycles. The maximum Gasteiger partial charge on any atom is 0.145 e. The third-order valence-electron chi connectivity index (χ3n) is 3.11. The molecule has 0 aliphatic heterocycles. The number of benzene rings is 1. The third-order valence-corrected chi connectivity index (χ3v) is 3.72. The van der Waals surface area contributed by atoms with Crippen molar-refractivity contribution >= 4 is 15.9 Å². The molecule has 0 amide bonds. The van der Waals surface area contributed by atoms with Crippen molar-refractivity contribution in [3.05, 3.63) is 33.8 Å². The summed E-state index contributed by atoms with van der Waals surface area (Å²) in [7, 11) is 3.22. The van der Waals surface area contributed by atoms with E-state index in [1.807, 2.05) is 20.8 Å². The van der Waals surface area contributed by atoms with Crippen molar-refractivity contribution in [3.8, 4) is 0 Å². The minimum Gasteiger partial charge on any atom is -0.379 e. The molecule has 0 aliphatic rings. The van der Waals surface area contributed by atoms with Crippen molar-refractivity contribution in [1.29, 1.82) is 0 Å². The van der Waals surface area contributed by atoms with E-state index in [9.17, 15) is 8.78 Å². The van der Waals surface area contributed by atoms with Gasteiger partial charge in [0.15, 0.2) is 0 Å². The fourth-order valence-electron chi connectivity index (χ4n) is 2.26. The normalized spacial score (nSPS) is 15.4. The number of halogens is 3. The highest BCUT2D eigenvalue weighted by Crippen LogP contribution is 2.36. The fraction of sp³-hybridized carbons (Fsp3) is 0.571. The Kier molecular flexibility index (Phi) is 5.47. The van der Waals surface area contributed by atoms with Crippen LogP contribution in [0.2, 0.25) is 0 Å². The van der Waals surface area contributed by atoms with Crippen LogP contribution in [0.1, 0.15) is 32.4 Å². The van der Waals surface area contributed by atoms with Crippen LogP contribution in [0, 0.1) is 17.0 Å². The number of methoxy groups -OCH3 is 1. The summed E-state index contributed by atoms with van der Waals surface area (Å²) in [6, 6.07) is 2.05. The SMILES string of the molecule is CNC(c1c(F)ccc(Br)c1F)C(OC)C(C)(C)C. The molecule has 5 heteroatoms. The largest absolute Gasteiger partial charge is 0.379 e. The zero-order chi connectivity index (χ0) is 14.8. The number of ether oxygens (including phenoxy) is 1. The molecule has 0 aromatic heterocycles. The van der Waals surface area contributed by atoms with Gasteiger partial charge in [0.05, 0.1) is 16.6 Å². The molecule has 0 fully saturated rings. The molecule has 0 spiro atoms. The van der Waals surface area contributed by atoms with Crippen LogP contribution in [0.5, 0.6) is 0 Å². The Hall–Kier alpha value is -0.520. The molecule has 0 saturated heterocycles. The van der Waals surface area contributed by atoms with Gasteiger partial charge in [-0.25, -0.2) is 8.78 Å². The second-order valence-electron chi connectivity index (χ2n) is 5.55. The highest BCUT2D eigenvalue weighted by atomic mass is 79.9. The number of hydrogen-bond acceptors (Lipinski definition) is 2. The Morgan fingerprint density at radius 2 is 1.84 bits per heavy atom. The van der Waals surface area contributed by atoms with Crippen molar-refractivity contribution in [2.75, 3.05) is 14.2 Å². The van der Waals surface area contributed by atoms with E-state index in [1.54, 1.807) is 14.2 Å². The van der Waals surface area contributed by atoms with Gasteiger partial charge in [0.2, 0.25) is 0 Å². The molecule has 0 aliphatic carbocycles. The number of likely N-dealkylation sites (N-methyl/N-ethyl adjacent to an activating group) is 1. The molecule has 1 rings (SSSR count). The van der Waals surface area contributed by atoms with Gasteiger partial charge >= 0.3 is 0 Å². The first-order chi connectivity index (χ1) is 8.73. The van der Waals surface area contributed by atoms with Crippen molar-refractivity contribution < 1.29 is 13.5 Å². The molecular formula is C14H20BrF2NO. The van der Waals surface area contributed by atoms with Crippen molar-refractivity contribution in [3.63, 3.8) is 0 Å². The maximum atomic E-state index is 14.2. The average molecular weight is 336 g/mol. The number of hydrogen-bond donors (Lipinski definition) is 1. The maximum absolute atomic E-state index is 14.2. The van der Waals surface area contributed by atoms with E-state index in [2.05, 4.69) is 21.2 Å². The van der Waals surface area contributed by atoms with E-state index in [0.29, 0.717) is 0 Å². The summed E-state index contributed by atoms with van der Waals surface area (Å²) in [6.45, 7) is 5.91. The summed E-state index contributed by atoms with van der Waals surface area (Å²) in [5.74, 6) is -1.17. The molecule has 1 N–H and O–H groups in total. The van der Waals surface area contributed by atoms with Gasteiger partial charge in [0, 0.05) is 12.7 Å². The Labute approximate surface area is 121 Å². The molecule has 2 nitrogen and oxygen atoms in total. The van der Waals surface area contributed by atoms with E-state index in [4.69, 9.17) is 4.74 Å². The van der Waals surface area contributed by atoms with E-state index in [1.165, 1.54) is 12.1 Å². The molecule has 0 radical (unpaired) electrons. The molecule has 2 unspecified atom stereocenters. The lowest BCUT2D eigenvalue weighted by atomic mass is 9.81. The predicted molar refractivity (Wildman–Crippen MR) is 76.1 cm³/mol.